The molecule has 8 heteroatoms. The predicted octanol–water partition coefficient (Wildman–Crippen LogP) is 5.77. The SMILES string of the molecule is CCCCC1CN(Cc2c(C)ncnc2C)CCC12CCN(C1(C)CCN(C(=O)c3c(C)cc(C#N)nc3C)CC1)CC2. The monoisotopic (exact) mass is 585 g/mol. The van der Waals surface area contributed by atoms with Gasteiger partial charge in [-0.25, -0.2) is 15.0 Å². The summed E-state index contributed by atoms with van der Waals surface area (Å²) in [5.74, 6) is 0.804. The summed E-state index contributed by atoms with van der Waals surface area (Å²) in [6.45, 7) is 19.9. The van der Waals surface area contributed by atoms with Crippen molar-refractivity contribution < 1.29 is 4.79 Å². The molecule has 1 unspecified atom stereocenters. The van der Waals surface area contributed by atoms with Crippen molar-refractivity contribution in [2.45, 2.75) is 105 Å². The Morgan fingerprint density at radius 3 is 2.23 bits per heavy atom. The number of hydrogen-bond acceptors (Lipinski definition) is 7. The summed E-state index contributed by atoms with van der Waals surface area (Å²) in [4.78, 5) is 34.3. The highest BCUT2D eigenvalue weighted by molar-refractivity contribution is 5.96. The lowest BCUT2D eigenvalue weighted by Gasteiger charge is -2.56. The van der Waals surface area contributed by atoms with E-state index in [1.54, 1.807) is 12.4 Å². The van der Waals surface area contributed by atoms with Gasteiger partial charge in [0, 0.05) is 48.7 Å². The maximum absolute atomic E-state index is 13.5. The van der Waals surface area contributed by atoms with Crippen molar-refractivity contribution in [1.82, 2.24) is 29.7 Å². The lowest BCUT2D eigenvalue weighted by Crippen LogP contribution is -2.59. The highest BCUT2D eigenvalue weighted by Crippen LogP contribution is 2.49. The van der Waals surface area contributed by atoms with E-state index in [2.05, 4.69) is 58.5 Å². The second-order valence-electron chi connectivity index (χ2n) is 13.9. The van der Waals surface area contributed by atoms with Gasteiger partial charge in [0.15, 0.2) is 0 Å². The van der Waals surface area contributed by atoms with Crippen LogP contribution in [0.1, 0.15) is 109 Å². The molecular weight excluding hydrogens is 534 g/mol. The first kappa shape index (κ1) is 31.5. The van der Waals surface area contributed by atoms with Crippen LogP contribution in [0.2, 0.25) is 0 Å². The number of nitriles is 1. The van der Waals surface area contributed by atoms with E-state index in [-0.39, 0.29) is 11.4 Å². The molecule has 0 bridgehead atoms. The van der Waals surface area contributed by atoms with Crippen molar-refractivity contribution in [2.24, 2.45) is 11.3 Å². The molecule has 8 nitrogen and oxygen atoms in total. The minimum absolute atomic E-state index is 0.0598. The zero-order valence-electron chi connectivity index (χ0n) is 27.4. The average Bonchev–Trinajstić information content (AvgIpc) is 2.99. The first-order chi connectivity index (χ1) is 20.6. The number of amides is 1. The topological polar surface area (TPSA) is 89.3 Å². The minimum Gasteiger partial charge on any atom is -0.338 e. The number of carbonyl (C=O) groups is 1. The normalized spacial score (nSPS) is 22.4. The van der Waals surface area contributed by atoms with Gasteiger partial charge in [0.05, 0.1) is 11.3 Å². The Hall–Kier alpha value is -2.89. The molecule has 0 saturated carbocycles. The Labute approximate surface area is 258 Å². The van der Waals surface area contributed by atoms with Crippen LogP contribution in [-0.2, 0) is 6.54 Å². The molecule has 1 spiro atoms. The third-order valence-electron chi connectivity index (χ3n) is 11.3. The number of unbranched alkanes of at least 4 members (excludes halogenated alkanes) is 1. The summed E-state index contributed by atoms with van der Waals surface area (Å²) in [6.07, 6.45) is 11.4. The number of rotatable bonds is 7. The number of aromatic nitrogens is 3. The van der Waals surface area contributed by atoms with E-state index in [4.69, 9.17) is 0 Å². The summed E-state index contributed by atoms with van der Waals surface area (Å²) in [5, 5.41) is 9.25. The van der Waals surface area contributed by atoms with Crippen molar-refractivity contribution in [1.29, 1.82) is 5.26 Å². The van der Waals surface area contributed by atoms with Gasteiger partial charge in [0.2, 0.25) is 0 Å². The molecule has 232 valence electrons. The van der Waals surface area contributed by atoms with E-state index in [0.717, 1.165) is 75.0 Å². The van der Waals surface area contributed by atoms with E-state index in [9.17, 15) is 10.1 Å². The number of piperidine rings is 3. The minimum atomic E-state index is 0.0598. The van der Waals surface area contributed by atoms with E-state index >= 15 is 0 Å². The lowest BCUT2D eigenvalue weighted by atomic mass is 9.62. The molecule has 3 fully saturated rings. The standard InChI is InChI=1S/C35H51N7O/c1-7-8-9-29-22-40(23-31-26(3)37-24-38-27(31)4)15-12-35(29)13-18-42(19-14-35)34(6)10-16-41(17-11-34)33(43)32-25(2)20-30(21-36)39-28(32)5/h20,24,29H,7-19,22-23H2,1-6H3. The quantitative estimate of drug-likeness (QED) is 0.408. The highest BCUT2D eigenvalue weighted by atomic mass is 16.2. The Bertz CT molecular complexity index is 1310. The Balaban J connectivity index is 1.20. The van der Waals surface area contributed by atoms with Crippen molar-refractivity contribution in [3.63, 3.8) is 0 Å². The molecule has 3 aliphatic heterocycles. The maximum Gasteiger partial charge on any atom is 0.255 e. The van der Waals surface area contributed by atoms with E-state index < -0.39 is 0 Å². The fourth-order valence-electron chi connectivity index (χ4n) is 8.27. The summed E-state index contributed by atoms with van der Waals surface area (Å²) < 4.78 is 0. The van der Waals surface area contributed by atoms with Crippen molar-refractivity contribution in [3.05, 3.63) is 51.9 Å². The number of hydrogen-bond donors (Lipinski definition) is 0. The van der Waals surface area contributed by atoms with Crippen LogP contribution in [0.15, 0.2) is 12.4 Å². The summed E-state index contributed by atoms with van der Waals surface area (Å²) >= 11 is 0. The van der Waals surface area contributed by atoms with Crippen LogP contribution in [0.25, 0.3) is 0 Å². The van der Waals surface area contributed by atoms with Crippen molar-refractivity contribution >= 4 is 5.91 Å². The van der Waals surface area contributed by atoms with Gasteiger partial charge in [-0.1, -0.05) is 19.8 Å². The zero-order chi connectivity index (χ0) is 30.8. The largest absolute Gasteiger partial charge is 0.338 e. The van der Waals surface area contributed by atoms with Gasteiger partial charge < -0.3 is 4.90 Å². The van der Waals surface area contributed by atoms with Gasteiger partial charge in [-0.05, 0) is 116 Å². The number of pyridine rings is 1. The molecule has 1 amide bonds. The molecule has 3 saturated heterocycles. The first-order valence-electron chi connectivity index (χ1n) is 16.5. The highest BCUT2D eigenvalue weighted by Gasteiger charge is 2.47. The smallest absolute Gasteiger partial charge is 0.255 e. The van der Waals surface area contributed by atoms with Gasteiger partial charge in [-0.2, -0.15) is 5.26 Å². The molecule has 2 aromatic heterocycles. The van der Waals surface area contributed by atoms with E-state index in [0.29, 0.717) is 22.4 Å². The van der Waals surface area contributed by atoms with Gasteiger partial charge in [0.25, 0.3) is 5.91 Å². The van der Waals surface area contributed by atoms with Crippen LogP contribution in [-0.4, -0.2) is 80.4 Å². The van der Waals surface area contributed by atoms with Gasteiger partial charge in [0.1, 0.15) is 18.1 Å². The molecule has 5 heterocycles. The molecular formula is C35H51N7O. The summed E-state index contributed by atoms with van der Waals surface area (Å²) in [7, 11) is 0. The number of carbonyl (C=O) groups excluding carboxylic acids is 1. The van der Waals surface area contributed by atoms with Crippen molar-refractivity contribution in [2.75, 3.05) is 39.3 Å². The molecule has 2 aromatic rings. The van der Waals surface area contributed by atoms with Crippen LogP contribution in [0.4, 0.5) is 0 Å². The maximum atomic E-state index is 13.5. The number of likely N-dealkylation sites (tertiary alicyclic amines) is 3. The molecule has 0 N–H and O–H groups in total. The number of nitrogens with zero attached hydrogens (tertiary/aromatic N) is 7. The second-order valence-corrected chi connectivity index (χ2v) is 13.9. The third-order valence-corrected chi connectivity index (χ3v) is 11.3. The fourth-order valence-corrected chi connectivity index (χ4v) is 8.27. The Morgan fingerprint density at radius 1 is 0.977 bits per heavy atom. The average molecular weight is 586 g/mol. The fraction of sp³-hybridized carbons (Fsp3) is 0.686. The van der Waals surface area contributed by atoms with Crippen LogP contribution in [0, 0.1) is 50.4 Å². The van der Waals surface area contributed by atoms with E-state index in [1.165, 1.54) is 50.6 Å². The summed E-state index contributed by atoms with van der Waals surface area (Å²) in [6, 6.07) is 3.83. The third kappa shape index (κ3) is 6.49. The molecule has 5 rings (SSSR count). The number of aryl methyl sites for hydroxylation is 4. The van der Waals surface area contributed by atoms with Gasteiger partial charge in [-0.15, -0.1) is 0 Å². The summed E-state index contributed by atoms with van der Waals surface area (Å²) in [5.41, 5.74) is 6.66. The lowest BCUT2D eigenvalue weighted by molar-refractivity contribution is -0.0602. The van der Waals surface area contributed by atoms with Gasteiger partial charge in [-0.3, -0.25) is 14.6 Å². The van der Waals surface area contributed by atoms with Crippen LogP contribution < -0.4 is 0 Å². The van der Waals surface area contributed by atoms with Crippen LogP contribution in [0.5, 0.6) is 0 Å². The predicted molar refractivity (Wildman–Crippen MR) is 170 cm³/mol. The molecule has 0 aliphatic carbocycles. The molecule has 1 atom stereocenters. The van der Waals surface area contributed by atoms with Crippen LogP contribution >= 0.6 is 0 Å². The van der Waals surface area contributed by atoms with Gasteiger partial charge >= 0.3 is 0 Å². The Morgan fingerprint density at radius 2 is 1.63 bits per heavy atom. The Kier molecular flexibility index (Phi) is 9.53. The van der Waals surface area contributed by atoms with Crippen LogP contribution in [0.3, 0.4) is 0 Å². The zero-order valence-corrected chi connectivity index (χ0v) is 27.4. The molecule has 3 aliphatic rings. The van der Waals surface area contributed by atoms with Crippen molar-refractivity contribution in [3.8, 4) is 6.07 Å². The second kappa shape index (κ2) is 13.0. The molecule has 0 aromatic carbocycles. The first-order valence-corrected chi connectivity index (χ1v) is 16.5. The van der Waals surface area contributed by atoms with E-state index in [1.807, 2.05) is 18.7 Å². The molecule has 43 heavy (non-hydrogen) atoms. The molecule has 0 radical (unpaired) electrons.